The lowest BCUT2D eigenvalue weighted by atomic mass is 10.1. The third kappa shape index (κ3) is 5.08. The van der Waals surface area contributed by atoms with Gasteiger partial charge in [0.1, 0.15) is 17.3 Å². The quantitative estimate of drug-likeness (QED) is 0.583. The molecule has 0 N–H and O–H groups in total. The Morgan fingerprint density at radius 1 is 1.03 bits per heavy atom. The van der Waals surface area contributed by atoms with Crippen LogP contribution in [0.4, 0.5) is 4.39 Å². The van der Waals surface area contributed by atoms with E-state index in [2.05, 4.69) is 11.0 Å². The van der Waals surface area contributed by atoms with Crippen LogP contribution >= 0.6 is 0 Å². The van der Waals surface area contributed by atoms with Crippen LogP contribution in [0.3, 0.4) is 0 Å². The number of nitrogens with zero attached hydrogens (tertiary/aromatic N) is 3. The Morgan fingerprint density at radius 3 is 2.48 bits per heavy atom. The Kier molecular flexibility index (Phi) is 6.25. The molecule has 4 rings (SSSR count). The average molecular weight is 415 g/mol. The maximum atomic E-state index is 13.9. The van der Waals surface area contributed by atoms with E-state index in [4.69, 9.17) is 9.68 Å². The second-order valence-corrected chi connectivity index (χ2v) is 7.43. The summed E-state index contributed by atoms with van der Waals surface area (Å²) in [7, 11) is 0. The number of hydrogen-bond acceptors (Lipinski definition) is 4. The molecule has 1 fully saturated rings. The van der Waals surface area contributed by atoms with Crippen LogP contribution < -0.4 is 0 Å². The average Bonchev–Trinajstić information content (AvgIpc) is 3.27. The summed E-state index contributed by atoms with van der Waals surface area (Å²) in [5.41, 5.74) is 2.21. The molecule has 1 saturated heterocycles. The number of benzene rings is 2. The number of amides is 1. The molecule has 0 aliphatic carbocycles. The van der Waals surface area contributed by atoms with Crippen molar-refractivity contribution in [1.29, 1.82) is 5.26 Å². The first-order chi connectivity index (χ1) is 15.1. The largest absolute Gasteiger partial charge is 0.457 e. The smallest absolute Gasteiger partial charge is 0.246 e. The maximum absolute atomic E-state index is 13.9. The highest BCUT2D eigenvalue weighted by Crippen LogP contribution is 2.25. The lowest BCUT2D eigenvalue weighted by Gasteiger charge is -2.34. The van der Waals surface area contributed by atoms with Crippen LogP contribution in [0.25, 0.3) is 17.4 Å². The molecule has 0 radical (unpaired) electrons. The molecule has 1 aliphatic rings. The summed E-state index contributed by atoms with van der Waals surface area (Å²) in [6.07, 6.45) is 3.12. The fourth-order valence-electron chi connectivity index (χ4n) is 3.58. The highest BCUT2D eigenvalue weighted by atomic mass is 19.1. The first-order valence-corrected chi connectivity index (χ1v) is 10.2. The van der Waals surface area contributed by atoms with Gasteiger partial charge >= 0.3 is 0 Å². The molecule has 3 aromatic rings. The number of halogens is 1. The number of carbonyl (C=O) groups is 1. The molecule has 5 nitrogen and oxygen atoms in total. The molecule has 2 heterocycles. The van der Waals surface area contributed by atoms with Crippen molar-refractivity contribution in [1.82, 2.24) is 9.80 Å². The molecule has 1 aliphatic heterocycles. The second-order valence-electron chi connectivity index (χ2n) is 7.43. The molecule has 0 saturated carbocycles. The van der Waals surface area contributed by atoms with E-state index in [0.717, 1.165) is 25.2 Å². The van der Waals surface area contributed by atoms with Crippen molar-refractivity contribution in [3.05, 3.63) is 89.4 Å². The summed E-state index contributed by atoms with van der Waals surface area (Å²) in [6.45, 7) is 3.68. The summed E-state index contributed by atoms with van der Waals surface area (Å²) in [5, 5.41) is 8.89. The summed E-state index contributed by atoms with van der Waals surface area (Å²) in [5.74, 6) is 0.525. The molecule has 1 aromatic heterocycles. The lowest BCUT2D eigenvalue weighted by molar-refractivity contribution is -0.127. The lowest BCUT2D eigenvalue weighted by Crippen LogP contribution is -2.47. The SMILES string of the molecule is N#Cc1ccc(CN2CCN(C(=O)C=Cc3ccc(-c4ccccc4F)o3)CC2)cc1. The van der Waals surface area contributed by atoms with E-state index < -0.39 is 0 Å². The van der Waals surface area contributed by atoms with E-state index in [1.807, 2.05) is 29.2 Å². The molecule has 156 valence electrons. The third-order valence-corrected chi connectivity index (χ3v) is 5.33. The van der Waals surface area contributed by atoms with Crippen molar-refractivity contribution in [3.8, 4) is 17.4 Å². The van der Waals surface area contributed by atoms with Gasteiger partial charge in [-0.25, -0.2) is 4.39 Å². The van der Waals surface area contributed by atoms with Gasteiger partial charge in [0, 0.05) is 38.8 Å². The highest BCUT2D eigenvalue weighted by Gasteiger charge is 2.19. The molecular formula is C25H22FN3O2. The van der Waals surface area contributed by atoms with Gasteiger partial charge in [0.2, 0.25) is 5.91 Å². The van der Waals surface area contributed by atoms with Gasteiger partial charge in [-0.1, -0.05) is 24.3 Å². The molecule has 1 amide bonds. The van der Waals surface area contributed by atoms with Gasteiger partial charge in [-0.2, -0.15) is 5.26 Å². The van der Waals surface area contributed by atoms with Crippen LogP contribution in [0, 0.1) is 17.1 Å². The highest BCUT2D eigenvalue weighted by molar-refractivity contribution is 5.91. The van der Waals surface area contributed by atoms with Crippen LogP contribution in [0.5, 0.6) is 0 Å². The fraction of sp³-hybridized carbons (Fsp3) is 0.200. The van der Waals surface area contributed by atoms with Gasteiger partial charge in [0.25, 0.3) is 0 Å². The van der Waals surface area contributed by atoms with Gasteiger partial charge in [-0.05, 0) is 48.0 Å². The molecule has 6 heteroatoms. The van der Waals surface area contributed by atoms with Crippen molar-refractivity contribution in [2.75, 3.05) is 26.2 Å². The molecule has 31 heavy (non-hydrogen) atoms. The van der Waals surface area contributed by atoms with Crippen molar-refractivity contribution in [3.63, 3.8) is 0 Å². The van der Waals surface area contributed by atoms with Crippen molar-refractivity contribution in [2.24, 2.45) is 0 Å². The summed E-state index contributed by atoms with van der Waals surface area (Å²) >= 11 is 0. The first-order valence-electron chi connectivity index (χ1n) is 10.2. The summed E-state index contributed by atoms with van der Waals surface area (Å²) < 4.78 is 19.6. The van der Waals surface area contributed by atoms with Crippen LogP contribution in [0.1, 0.15) is 16.9 Å². The van der Waals surface area contributed by atoms with E-state index in [1.54, 1.807) is 36.4 Å². The Hall–Kier alpha value is -3.69. The first kappa shape index (κ1) is 20.6. The number of rotatable bonds is 5. The third-order valence-electron chi connectivity index (χ3n) is 5.33. The zero-order chi connectivity index (χ0) is 21.6. The predicted molar refractivity (Wildman–Crippen MR) is 116 cm³/mol. The number of carbonyl (C=O) groups excluding carboxylic acids is 1. The Bertz CT molecular complexity index is 1120. The summed E-state index contributed by atoms with van der Waals surface area (Å²) in [6, 6.07) is 19.6. The second kappa shape index (κ2) is 9.41. The number of nitriles is 1. The van der Waals surface area contributed by atoms with Crippen LogP contribution in [0.15, 0.2) is 71.2 Å². The minimum Gasteiger partial charge on any atom is -0.457 e. The van der Waals surface area contributed by atoms with E-state index in [0.29, 0.717) is 35.7 Å². The zero-order valence-electron chi connectivity index (χ0n) is 17.0. The van der Waals surface area contributed by atoms with Gasteiger partial charge in [0.15, 0.2) is 0 Å². The van der Waals surface area contributed by atoms with Crippen molar-refractivity contribution in [2.45, 2.75) is 6.54 Å². The van der Waals surface area contributed by atoms with Crippen LogP contribution in [0.2, 0.25) is 0 Å². The van der Waals surface area contributed by atoms with Crippen molar-refractivity contribution >= 4 is 12.0 Å². The van der Waals surface area contributed by atoms with Crippen LogP contribution in [-0.2, 0) is 11.3 Å². The van der Waals surface area contributed by atoms with Gasteiger partial charge < -0.3 is 9.32 Å². The van der Waals surface area contributed by atoms with E-state index in [1.165, 1.54) is 12.1 Å². The topological polar surface area (TPSA) is 60.5 Å². The summed E-state index contributed by atoms with van der Waals surface area (Å²) in [4.78, 5) is 16.6. The monoisotopic (exact) mass is 415 g/mol. The molecule has 0 atom stereocenters. The van der Waals surface area contributed by atoms with Gasteiger partial charge in [0.05, 0.1) is 17.2 Å². The molecular weight excluding hydrogens is 393 g/mol. The fourth-order valence-corrected chi connectivity index (χ4v) is 3.58. The maximum Gasteiger partial charge on any atom is 0.246 e. The Balaban J connectivity index is 1.29. The number of hydrogen-bond donors (Lipinski definition) is 0. The number of piperazine rings is 1. The predicted octanol–water partition coefficient (Wildman–Crippen LogP) is 4.31. The van der Waals surface area contributed by atoms with Crippen LogP contribution in [-0.4, -0.2) is 41.9 Å². The Morgan fingerprint density at radius 2 is 1.77 bits per heavy atom. The van der Waals surface area contributed by atoms with E-state index >= 15 is 0 Å². The van der Waals surface area contributed by atoms with Gasteiger partial charge in [-0.3, -0.25) is 9.69 Å². The minimum absolute atomic E-state index is 0.0677. The number of furan rings is 1. The van der Waals surface area contributed by atoms with Gasteiger partial charge in [-0.15, -0.1) is 0 Å². The normalized spacial score (nSPS) is 14.6. The standard InChI is InChI=1S/C25H22FN3O2/c26-23-4-2-1-3-22(23)24-11-9-21(31-24)10-12-25(30)29-15-13-28(14-16-29)18-20-7-5-19(17-27)6-8-20/h1-12H,13-16,18H2. The van der Waals surface area contributed by atoms with E-state index in [-0.39, 0.29) is 11.7 Å². The molecule has 2 aromatic carbocycles. The zero-order valence-corrected chi connectivity index (χ0v) is 17.0. The molecule has 0 unspecified atom stereocenters. The van der Waals surface area contributed by atoms with Crippen molar-refractivity contribution < 1.29 is 13.6 Å². The Labute approximate surface area is 180 Å². The molecule has 0 bridgehead atoms. The van der Waals surface area contributed by atoms with E-state index in [9.17, 15) is 9.18 Å². The molecule has 0 spiro atoms. The minimum atomic E-state index is -0.345.